The number of nitrogens with one attached hydrogen (secondary N) is 1. The molecule has 0 bridgehead atoms. The van der Waals surface area contributed by atoms with Crippen molar-refractivity contribution in [3.05, 3.63) is 42.6 Å². The number of nitrogens with zero attached hydrogens (tertiary/aromatic N) is 2. The lowest BCUT2D eigenvalue weighted by Gasteiger charge is -2.07. The number of hydrogen-bond acceptors (Lipinski definition) is 3. The molecule has 1 N–H and O–H groups in total. The van der Waals surface area contributed by atoms with Gasteiger partial charge in [0.05, 0.1) is 11.1 Å². The highest BCUT2D eigenvalue weighted by atomic mass is 32.2. The Balaban J connectivity index is 2.32. The van der Waals surface area contributed by atoms with Crippen molar-refractivity contribution in [3.8, 4) is 0 Å². The van der Waals surface area contributed by atoms with Crippen molar-refractivity contribution in [1.82, 2.24) is 9.78 Å². The summed E-state index contributed by atoms with van der Waals surface area (Å²) < 4.78 is 27.7. The maximum atomic E-state index is 11.9. The lowest BCUT2D eigenvalue weighted by atomic mass is 10.4. The predicted octanol–water partition coefficient (Wildman–Crippen LogP) is 1.22. The van der Waals surface area contributed by atoms with Crippen LogP contribution in [0.15, 0.2) is 47.5 Å². The predicted molar refractivity (Wildman–Crippen MR) is 60.5 cm³/mol. The first-order valence-corrected chi connectivity index (χ1v) is 6.14. The Morgan fingerprint density at radius 3 is 2.44 bits per heavy atom. The third kappa shape index (κ3) is 2.06. The highest BCUT2D eigenvalue weighted by molar-refractivity contribution is 7.92. The smallest absolute Gasteiger partial charge is 0.263 e. The molecular weight excluding hydrogens is 226 g/mol. The van der Waals surface area contributed by atoms with Crippen molar-refractivity contribution >= 4 is 15.8 Å². The lowest BCUT2D eigenvalue weighted by molar-refractivity contribution is 0.600. The average molecular weight is 237 g/mol. The van der Waals surface area contributed by atoms with E-state index >= 15 is 0 Å². The largest absolute Gasteiger partial charge is 0.264 e. The molecule has 2 aromatic rings. The number of sulfonamides is 1. The van der Waals surface area contributed by atoms with Gasteiger partial charge in [-0.2, -0.15) is 5.10 Å². The van der Waals surface area contributed by atoms with E-state index in [2.05, 4.69) is 9.82 Å². The van der Waals surface area contributed by atoms with Gasteiger partial charge in [0, 0.05) is 13.1 Å². The molecule has 0 unspecified atom stereocenters. The number of anilines is 1. The van der Waals surface area contributed by atoms with E-state index in [1.165, 1.54) is 10.9 Å². The van der Waals surface area contributed by atoms with Gasteiger partial charge in [0.2, 0.25) is 0 Å². The fourth-order valence-corrected chi connectivity index (χ4v) is 2.38. The van der Waals surface area contributed by atoms with Crippen LogP contribution in [0.5, 0.6) is 0 Å². The average Bonchev–Trinajstić information content (AvgIpc) is 2.65. The number of rotatable bonds is 3. The minimum absolute atomic E-state index is 0.233. The van der Waals surface area contributed by atoms with E-state index in [0.29, 0.717) is 5.82 Å². The van der Waals surface area contributed by atoms with Crippen LogP contribution in [0.3, 0.4) is 0 Å². The first kappa shape index (κ1) is 10.7. The van der Waals surface area contributed by atoms with Gasteiger partial charge in [-0.05, 0) is 12.1 Å². The van der Waals surface area contributed by atoms with Gasteiger partial charge >= 0.3 is 0 Å². The van der Waals surface area contributed by atoms with Crippen molar-refractivity contribution in [2.75, 3.05) is 4.72 Å². The first-order chi connectivity index (χ1) is 7.59. The molecule has 0 aliphatic heterocycles. The number of hydrogen-bond donors (Lipinski definition) is 1. The van der Waals surface area contributed by atoms with Gasteiger partial charge in [-0.1, -0.05) is 18.2 Å². The molecule has 5 nitrogen and oxygen atoms in total. The molecule has 0 spiro atoms. The van der Waals surface area contributed by atoms with Crippen LogP contribution in [0.25, 0.3) is 0 Å². The SMILES string of the molecule is Cn1nccc1NS(=O)(=O)c1ccccc1. The van der Waals surface area contributed by atoms with Crippen LogP contribution >= 0.6 is 0 Å². The number of aromatic nitrogens is 2. The summed E-state index contributed by atoms with van der Waals surface area (Å²) in [6, 6.07) is 9.80. The molecule has 0 saturated carbocycles. The molecule has 0 radical (unpaired) electrons. The van der Waals surface area contributed by atoms with E-state index in [9.17, 15) is 8.42 Å². The van der Waals surface area contributed by atoms with Crippen LogP contribution in [-0.4, -0.2) is 18.2 Å². The molecule has 6 heteroatoms. The Hall–Kier alpha value is -1.82. The summed E-state index contributed by atoms with van der Waals surface area (Å²) in [7, 11) is -1.85. The van der Waals surface area contributed by atoms with E-state index in [1.807, 2.05) is 0 Å². The minimum atomic E-state index is -3.52. The van der Waals surface area contributed by atoms with E-state index in [-0.39, 0.29) is 4.90 Å². The summed E-state index contributed by atoms with van der Waals surface area (Å²) >= 11 is 0. The Kier molecular flexibility index (Phi) is 2.66. The minimum Gasteiger partial charge on any atom is -0.264 e. The first-order valence-electron chi connectivity index (χ1n) is 4.65. The fourth-order valence-electron chi connectivity index (χ4n) is 1.27. The van der Waals surface area contributed by atoms with Gasteiger partial charge in [-0.15, -0.1) is 0 Å². The molecule has 0 amide bonds. The molecule has 0 aliphatic carbocycles. The zero-order valence-electron chi connectivity index (χ0n) is 8.66. The Labute approximate surface area is 93.8 Å². The highest BCUT2D eigenvalue weighted by Crippen LogP contribution is 2.14. The molecule has 0 aliphatic rings. The Morgan fingerprint density at radius 2 is 1.88 bits per heavy atom. The summed E-state index contributed by atoms with van der Waals surface area (Å²) in [6.07, 6.45) is 1.53. The quantitative estimate of drug-likeness (QED) is 0.873. The number of aryl methyl sites for hydroxylation is 1. The molecule has 0 saturated heterocycles. The molecule has 2 rings (SSSR count). The summed E-state index contributed by atoms with van der Waals surface area (Å²) in [4.78, 5) is 0.233. The molecular formula is C10H11N3O2S. The fraction of sp³-hybridized carbons (Fsp3) is 0.100. The molecule has 1 heterocycles. The van der Waals surface area contributed by atoms with Gasteiger partial charge in [0.15, 0.2) is 0 Å². The summed E-state index contributed by atoms with van der Waals surface area (Å²) in [6.45, 7) is 0. The van der Waals surface area contributed by atoms with Crippen molar-refractivity contribution in [2.45, 2.75) is 4.90 Å². The van der Waals surface area contributed by atoms with Crippen LogP contribution in [0, 0.1) is 0 Å². The van der Waals surface area contributed by atoms with Crippen molar-refractivity contribution < 1.29 is 8.42 Å². The number of benzene rings is 1. The molecule has 0 fully saturated rings. The van der Waals surface area contributed by atoms with Gasteiger partial charge in [0.1, 0.15) is 5.82 Å². The highest BCUT2D eigenvalue weighted by Gasteiger charge is 2.14. The normalized spacial score (nSPS) is 11.3. The standard InChI is InChI=1S/C10H11N3O2S/c1-13-10(7-8-11-13)12-16(14,15)9-5-3-2-4-6-9/h2-8,12H,1H3. The van der Waals surface area contributed by atoms with E-state index in [1.54, 1.807) is 43.4 Å². The maximum absolute atomic E-state index is 11.9. The zero-order valence-corrected chi connectivity index (χ0v) is 9.48. The maximum Gasteiger partial charge on any atom is 0.263 e. The summed E-state index contributed by atoms with van der Waals surface area (Å²) in [5.74, 6) is 0.434. The summed E-state index contributed by atoms with van der Waals surface area (Å²) in [5, 5.41) is 3.88. The second-order valence-corrected chi connectivity index (χ2v) is 4.94. The Morgan fingerprint density at radius 1 is 1.19 bits per heavy atom. The molecule has 84 valence electrons. The van der Waals surface area contributed by atoms with Gasteiger partial charge < -0.3 is 0 Å². The third-order valence-electron chi connectivity index (χ3n) is 2.11. The van der Waals surface area contributed by atoms with Crippen LogP contribution in [0.4, 0.5) is 5.82 Å². The third-order valence-corrected chi connectivity index (χ3v) is 3.48. The molecule has 1 aromatic heterocycles. The van der Waals surface area contributed by atoms with Crippen molar-refractivity contribution in [1.29, 1.82) is 0 Å². The van der Waals surface area contributed by atoms with Crippen LogP contribution < -0.4 is 4.72 Å². The van der Waals surface area contributed by atoms with E-state index in [0.717, 1.165) is 0 Å². The second kappa shape index (κ2) is 3.97. The second-order valence-electron chi connectivity index (χ2n) is 3.26. The van der Waals surface area contributed by atoms with Crippen LogP contribution in [0.2, 0.25) is 0 Å². The van der Waals surface area contributed by atoms with Gasteiger partial charge in [-0.3, -0.25) is 9.40 Å². The van der Waals surface area contributed by atoms with Gasteiger partial charge in [-0.25, -0.2) is 8.42 Å². The van der Waals surface area contributed by atoms with E-state index < -0.39 is 10.0 Å². The van der Waals surface area contributed by atoms with Crippen molar-refractivity contribution in [2.24, 2.45) is 7.05 Å². The zero-order chi connectivity index (χ0) is 11.6. The lowest BCUT2D eigenvalue weighted by Crippen LogP contribution is -2.15. The summed E-state index contributed by atoms with van der Waals surface area (Å²) in [5.41, 5.74) is 0. The molecule has 1 aromatic carbocycles. The monoisotopic (exact) mass is 237 g/mol. The van der Waals surface area contributed by atoms with Gasteiger partial charge in [0.25, 0.3) is 10.0 Å². The molecule has 16 heavy (non-hydrogen) atoms. The van der Waals surface area contributed by atoms with Crippen LogP contribution in [-0.2, 0) is 17.1 Å². The van der Waals surface area contributed by atoms with E-state index in [4.69, 9.17) is 0 Å². The van der Waals surface area contributed by atoms with Crippen LogP contribution in [0.1, 0.15) is 0 Å². The van der Waals surface area contributed by atoms with Crippen molar-refractivity contribution in [3.63, 3.8) is 0 Å². The Bertz CT molecular complexity index is 575. The molecule has 0 atom stereocenters. The topological polar surface area (TPSA) is 64.0 Å².